The van der Waals surface area contributed by atoms with Crippen molar-refractivity contribution < 1.29 is 17.1 Å². The Labute approximate surface area is 128 Å². The van der Waals surface area contributed by atoms with Gasteiger partial charge in [0.25, 0.3) is 0 Å². The normalized spacial score (nSPS) is 19.6. The molecule has 1 atom stereocenters. The third-order valence-electron chi connectivity index (χ3n) is 3.15. The summed E-state index contributed by atoms with van der Waals surface area (Å²) in [4.78, 5) is 21.5. The molecule has 112 valence electrons. The highest BCUT2D eigenvalue weighted by Gasteiger charge is 2.35. The number of thiophene rings is 1. The number of hydrogen-bond donors (Lipinski definition) is 0. The first-order chi connectivity index (χ1) is 9.83. The van der Waals surface area contributed by atoms with Crippen molar-refractivity contribution in [3.8, 4) is 0 Å². The summed E-state index contributed by atoms with van der Waals surface area (Å²) >= 11 is 7.19. The Morgan fingerprint density at radius 3 is 2.95 bits per heavy atom. The van der Waals surface area contributed by atoms with E-state index in [-0.39, 0.29) is 24.2 Å². The summed E-state index contributed by atoms with van der Waals surface area (Å²) in [5.41, 5.74) is 0.615. The Balaban J connectivity index is 1.96. The summed E-state index contributed by atoms with van der Waals surface area (Å²) in [6.45, 7) is 0.0995. The van der Waals surface area contributed by atoms with Gasteiger partial charge in [0.15, 0.2) is 5.82 Å². The van der Waals surface area contributed by atoms with Gasteiger partial charge in [-0.15, -0.1) is 15.2 Å². The SMILES string of the molecule is O=C1CC(CS(=O)(=O)F)CN1c1nc(Cl)nc2ccsc12. The van der Waals surface area contributed by atoms with Gasteiger partial charge < -0.3 is 0 Å². The van der Waals surface area contributed by atoms with E-state index >= 15 is 0 Å². The second-order valence-electron chi connectivity index (χ2n) is 4.73. The van der Waals surface area contributed by atoms with Crippen LogP contribution in [0.2, 0.25) is 5.28 Å². The monoisotopic (exact) mass is 349 g/mol. The molecule has 0 spiro atoms. The van der Waals surface area contributed by atoms with Crippen LogP contribution in [0.1, 0.15) is 6.42 Å². The molecule has 6 nitrogen and oxygen atoms in total. The van der Waals surface area contributed by atoms with E-state index in [4.69, 9.17) is 11.6 Å². The minimum atomic E-state index is -4.61. The number of halogens is 2. The number of hydrogen-bond acceptors (Lipinski definition) is 6. The van der Waals surface area contributed by atoms with E-state index in [2.05, 4.69) is 9.97 Å². The molecule has 2 aromatic rings. The van der Waals surface area contributed by atoms with Crippen LogP contribution in [0, 0.1) is 5.92 Å². The average molecular weight is 350 g/mol. The van der Waals surface area contributed by atoms with Crippen LogP contribution in [0.15, 0.2) is 11.4 Å². The van der Waals surface area contributed by atoms with E-state index in [9.17, 15) is 17.1 Å². The molecule has 3 rings (SSSR count). The second-order valence-corrected chi connectivity index (χ2v) is 7.40. The molecule has 10 heteroatoms. The fraction of sp³-hybridized carbons (Fsp3) is 0.364. The van der Waals surface area contributed by atoms with Gasteiger partial charge >= 0.3 is 10.2 Å². The first-order valence-corrected chi connectivity index (χ1v) is 8.78. The van der Waals surface area contributed by atoms with Crippen LogP contribution in [0.25, 0.3) is 10.2 Å². The van der Waals surface area contributed by atoms with E-state index in [1.54, 1.807) is 11.4 Å². The van der Waals surface area contributed by atoms with Gasteiger partial charge in [0.05, 0.1) is 16.0 Å². The van der Waals surface area contributed by atoms with Gasteiger partial charge in [0, 0.05) is 18.9 Å². The third-order valence-corrected chi connectivity index (χ3v) is 5.09. The largest absolute Gasteiger partial charge is 0.302 e. The highest BCUT2D eigenvalue weighted by Crippen LogP contribution is 2.33. The van der Waals surface area contributed by atoms with E-state index < -0.39 is 21.9 Å². The summed E-state index contributed by atoms with van der Waals surface area (Å²) in [5.74, 6) is -1.20. The van der Waals surface area contributed by atoms with Crippen LogP contribution in [0.5, 0.6) is 0 Å². The van der Waals surface area contributed by atoms with Crippen LogP contribution >= 0.6 is 22.9 Å². The number of aromatic nitrogens is 2. The molecular weight excluding hydrogens is 341 g/mol. The second kappa shape index (κ2) is 5.15. The van der Waals surface area contributed by atoms with Crippen molar-refractivity contribution in [3.63, 3.8) is 0 Å². The molecule has 0 radical (unpaired) electrons. The number of fused-ring (bicyclic) bond motifs is 1. The lowest BCUT2D eigenvalue weighted by Crippen LogP contribution is -2.26. The van der Waals surface area contributed by atoms with Crippen LogP contribution in [-0.4, -0.2) is 36.6 Å². The van der Waals surface area contributed by atoms with Gasteiger partial charge in [0.2, 0.25) is 11.2 Å². The van der Waals surface area contributed by atoms with Crippen molar-refractivity contribution in [3.05, 3.63) is 16.7 Å². The molecule has 21 heavy (non-hydrogen) atoms. The number of carbonyl (C=O) groups is 1. The highest BCUT2D eigenvalue weighted by molar-refractivity contribution is 7.86. The average Bonchev–Trinajstić information content (AvgIpc) is 2.92. The Bertz CT molecular complexity index is 823. The van der Waals surface area contributed by atoms with Crippen LogP contribution in [0.4, 0.5) is 9.70 Å². The summed E-state index contributed by atoms with van der Waals surface area (Å²) in [5, 5.41) is 1.80. The van der Waals surface area contributed by atoms with E-state index in [0.717, 1.165) is 0 Å². The number of anilines is 1. The summed E-state index contributed by atoms with van der Waals surface area (Å²) in [6.07, 6.45) is -0.0301. The maximum Gasteiger partial charge on any atom is 0.302 e. The summed E-state index contributed by atoms with van der Waals surface area (Å²) in [6, 6.07) is 1.75. The number of carbonyl (C=O) groups excluding carboxylic acids is 1. The predicted octanol–water partition coefficient (Wildman–Crippen LogP) is 2.00. The third kappa shape index (κ3) is 2.99. The molecule has 1 fully saturated rings. The number of rotatable bonds is 3. The first-order valence-electron chi connectivity index (χ1n) is 5.97. The van der Waals surface area contributed by atoms with Gasteiger partial charge in [-0.3, -0.25) is 9.69 Å². The molecule has 1 aliphatic rings. The zero-order chi connectivity index (χ0) is 15.2. The number of nitrogens with zero attached hydrogens (tertiary/aromatic N) is 3. The highest BCUT2D eigenvalue weighted by atomic mass is 35.5. The van der Waals surface area contributed by atoms with Crippen molar-refractivity contribution >= 4 is 55.1 Å². The van der Waals surface area contributed by atoms with Crippen LogP contribution < -0.4 is 4.90 Å². The van der Waals surface area contributed by atoms with Gasteiger partial charge in [-0.05, 0) is 23.0 Å². The zero-order valence-electron chi connectivity index (χ0n) is 10.5. The smallest absolute Gasteiger partial charge is 0.295 e. The molecule has 1 amide bonds. The fourth-order valence-corrected chi connectivity index (χ4v) is 4.17. The van der Waals surface area contributed by atoms with Crippen LogP contribution in [-0.2, 0) is 15.0 Å². The predicted molar refractivity (Wildman–Crippen MR) is 77.8 cm³/mol. The van der Waals surface area contributed by atoms with E-state index in [0.29, 0.717) is 16.0 Å². The number of amides is 1. The molecule has 1 aliphatic heterocycles. The molecule has 2 aromatic heterocycles. The Morgan fingerprint density at radius 1 is 1.48 bits per heavy atom. The fourth-order valence-electron chi connectivity index (χ4n) is 2.38. The molecule has 1 saturated heterocycles. The van der Waals surface area contributed by atoms with Crippen molar-refractivity contribution in [2.24, 2.45) is 5.92 Å². The summed E-state index contributed by atoms with van der Waals surface area (Å²) in [7, 11) is -4.61. The summed E-state index contributed by atoms with van der Waals surface area (Å²) < 4.78 is 34.9. The molecule has 3 heterocycles. The maximum absolute atomic E-state index is 12.8. The Kier molecular flexibility index (Phi) is 3.58. The van der Waals surface area contributed by atoms with Gasteiger partial charge in [-0.2, -0.15) is 13.4 Å². The van der Waals surface area contributed by atoms with Gasteiger partial charge in [0.1, 0.15) is 0 Å². The molecule has 1 unspecified atom stereocenters. The molecule has 0 N–H and O–H groups in total. The minimum Gasteiger partial charge on any atom is -0.295 e. The van der Waals surface area contributed by atoms with Crippen molar-refractivity contribution in [2.75, 3.05) is 17.2 Å². The molecule has 0 aromatic carbocycles. The maximum atomic E-state index is 12.8. The molecule has 0 bridgehead atoms. The van der Waals surface area contributed by atoms with E-state index in [1.807, 2.05) is 0 Å². The van der Waals surface area contributed by atoms with Gasteiger partial charge in [-0.1, -0.05) is 0 Å². The lowest BCUT2D eigenvalue weighted by atomic mass is 10.1. The van der Waals surface area contributed by atoms with Crippen molar-refractivity contribution in [1.29, 1.82) is 0 Å². The van der Waals surface area contributed by atoms with Crippen molar-refractivity contribution in [1.82, 2.24) is 9.97 Å². The van der Waals surface area contributed by atoms with Gasteiger partial charge in [-0.25, -0.2) is 4.98 Å². The Hall–Kier alpha value is -1.32. The van der Waals surface area contributed by atoms with E-state index in [1.165, 1.54) is 16.2 Å². The topological polar surface area (TPSA) is 80.2 Å². The minimum absolute atomic E-state index is 0.00487. The standard InChI is InChI=1S/C11H9ClFN3O3S2/c12-11-14-7-1-2-20-9(7)10(15-11)16-4-6(3-8(16)17)5-21(13,18)19/h1-2,6H,3-5H2. The lowest BCUT2D eigenvalue weighted by molar-refractivity contribution is -0.117. The molecular formula is C11H9ClFN3O3S2. The van der Waals surface area contributed by atoms with Crippen LogP contribution in [0.3, 0.4) is 0 Å². The lowest BCUT2D eigenvalue weighted by Gasteiger charge is -2.16. The molecule has 0 saturated carbocycles. The first kappa shape index (κ1) is 14.6. The Morgan fingerprint density at radius 2 is 2.24 bits per heavy atom. The zero-order valence-corrected chi connectivity index (χ0v) is 12.9. The molecule has 0 aliphatic carbocycles. The quantitative estimate of drug-likeness (QED) is 0.625. The van der Waals surface area contributed by atoms with Crippen molar-refractivity contribution in [2.45, 2.75) is 6.42 Å².